The summed E-state index contributed by atoms with van der Waals surface area (Å²) in [7, 11) is 0. The van der Waals surface area contributed by atoms with Crippen LogP contribution in [0.3, 0.4) is 0 Å². The van der Waals surface area contributed by atoms with Crippen molar-refractivity contribution in [2.45, 2.75) is 38.8 Å². The Kier molecular flexibility index (Phi) is 5.80. The fourth-order valence-corrected chi connectivity index (χ4v) is 4.57. The zero-order valence-electron chi connectivity index (χ0n) is 17.7. The molecule has 2 aliphatic heterocycles. The highest BCUT2D eigenvalue weighted by Gasteiger charge is 2.37. The van der Waals surface area contributed by atoms with E-state index in [0.717, 1.165) is 12.1 Å². The third-order valence-electron chi connectivity index (χ3n) is 6.11. The van der Waals surface area contributed by atoms with Crippen LogP contribution in [0.25, 0.3) is 0 Å². The molecule has 1 aromatic carbocycles. The number of rotatable bonds is 4. The Balaban J connectivity index is 1.44. The number of anilines is 1. The molecule has 1 aromatic heterocycles. The molecule has 1 fully saturated rings. The molecular formula is C23H27FN4O3. The van der Waals surface area contributed by atoms with E-state index in [2.05, 4.69) is 10.6 Å². The number of nitrogens with zero attached hydrogens (tertiary/aromatic N) is 2. The van der Waals surface area contributed by atoms with Crippen molar-refractivity contribution in [3.63, 3.8) is 0 Å². The van der Waals surface area contributed by atoms with E-state index in [0.29, 0.717) is 25.3 Å². The molecule has 8 heteroatoms. The molecule has 2 unspecified atom stereocenters. The SMILES string of the molecule is CC(C)[C@H](NC(=O)N1CC2CC(C1)c1cccc(=O)n1C2)C(=O)Nc1ccc(F)cc1. The van der Waals surface area contributed by atoms with Crippen LogP contribution in [-0.4, -0.2) is 40.5 Å². The number of hydrogen-bond acceptors (Lipinski definition) is 3. The third kappa shape index (κ3) is 4.47. The van der Waals surface area contributed by atoms with Gasteiger partial charge >= 0.3 is 6.03 Å². The molecule has 2 aromatic rings. The van der Waals surface area contributed by atoms with Gasteiger partial charge in [-0.3, -0.25) is 9.59 Å². The van der Waals surface area contributed by atoms with Gasteiger partial charge in [0.15, 0.2) is 0 Å². The zero-order valence-corrected chi connectivity index (χ0v) is 17.7. The molecule has 31 heavy (non-hydrogen) atoms. The van der Waals surface area contributed by atoms with Crippen molar-refractivity contribution >= 4 is 17.6 Å². The van der Waals surface area contributed by atoms with Crippen LogP contribution < -0.4 is 16.2 Å². The lowest BCUT2D eigenvalue weighted by atomic mass is 9.83. The third-order valence-corrected chi connectivity index (χ3v) is 6.11. The maximum atomic E-state index is 13.1. The van der Waals surface area contributed by atoms with Gasteiger partial charge in [-0.15, -0.1) is 0 Å². The summed E-state index contributed by atoms with van der Waals surface area (Å²) in [5.41, 5.74) is 1.44. The zero-order chi connectivity index (χ0) is 22.1. The number of urea groups is 1. The first-order valence-corrected chi connectivity index (χ1v) is 10.6. The molecule has 2 N–H and O–H groups in total. The van der Waals surface area contributed by atoms with E-state index in [1.807, 2.05) is 24.5 Å². The van der Waals surface area contributed by atoms with E-state index in [9.17, 15) is 18.8 Å². The first-order valence-electron chi connectivity index (χ1n) is 10.6. The second-order valence-electron chi connectivity index (χ2n) is 8.77. The number of nitrogens with one attached hydrogen (secondary N) is 2. The van der Waals surface area contributed by atoms with Crippen LogP contribution in [0.2, 0.25) is 0 Å². The Morgan fingerprint density at radius 1 is 1.06 bits per heavy atom. The van der Waals surface area contributed by atoms with Gasteiger partial charge in [0.1, 0.15) is 11.9 Å². The Morgan fingerprint density at radius 2 is 1.81 bits per heavy atom. The summed E-state index contributed by atoms with van der Waals surface area (Å²) >= 11 is 0. The van der Waals surface area contributed by atoms with Gasteiger partial charge in [-0.25, -0.2) is 9.18 Å². The monoisotopic (exact) mass is 426 g/mol. The number of aromatic nitrogens is 1. The molecule has 164 valence electrons. The molecule has 3 atom stereocenters. The topological polar surface area (TPSA) is 83.4 Å². The van der Waals surface area contributed by atoms with Crippen molar-refractivity contribution in [1.82, 2.24) is 14.8 Å². The molecule has 0 saturated carbocycles. The van der Waals surface area contributed by atoms with Gasteiger partial charge in [-0.2, -0.15) is 0 Å². The molecular weight excluding hydrogens is 399 g/mol. The first-order chi connectivity index (χ1) is 14.8. The van der Waals surface area contributed by atoms with Crippen molar-refractivity contribution in [3.8, 4) is 0 Å². The standard InChI is InChI=1S/C23H27FN4O3/c1-14(2)21(22(30)25-18-8-6-17(24)7-9-18)26-23(31)27-11-15-10-16(13-27)19-4-3-5-20(29)28(19)12-15/h3-9,14-16,21H,10-13H2,1-2H3,(H,25,30)(H,26,31)/t15?,16?,21-/m0/s1. The van der Waals surface area contributed by atoms with E-state index in [1.54, 1.807) is 17.0 Å². The highest BCUT2D eigenvalue weighted by atomic mass is 19.1. The van der Waals surface area contributed by atoms with Crippen LogP contribution in [0, 0.1) is 17.7 Å². The fourth-order valence-electron chi connectivity index (χ4n) is 4.57. The number of carbonyl (C=O) groups excluding carboxylic acids is 2. The van der Waals surface area contributed by atoms with Crippen molar-refractivity contribution in [3.05, 3.63) is 64.3 Å². The summed E-state index contributed by atoms with van der Waals surface area (Å²) in [6, 6.07) is 9.79. The number of halogens is 1. The van der Waals surface area contributed by atoms with Gasteiger partial charge in [0.05, 0.1) is 0 Å². The quantitative estimate of drug-likeness (QED) is 0.789. The summed E-state index contributed by atoms with van der Waals surface area (Å²) in [5, 5.41) is 5.62. The van der Waals surface area contributed by atoms with Crippen LogP contribution in [0.5, 0.6) is 0 Å². The first kappa shape index (κ1) is 21.1. The smallest absolute Gasteiger partial charge is 0.318 e. The minimum Gasteiger partial charge on any atom is -0.326 e. The lowest BCUT2D eigenvalue weighted by molar-refractivity contribution is -0.118. The number of amides is 3. The maximum Gasteiger partial charge on any atom is 0.318 e. The predicted molar refractivity (Wildman–Crippen MR) is 115 cm³/mol. The summed E-state index contributed by atoms with van der Waals surface area (Å²) in [6.07, 6.45) is 0.950. The normalized spacial score (nSPS) is 20.7. The molecule has 2 aliphatic rings. The van der Waals surface area contributed by atoms with Crippen molar-refractivity contribution < 1.29 is 14.0 Å². The van der Waals surface area contributed by atoms with E-state index >= 15 is 0 Å². The van der Waals surface area contributed by atoms with Crippen LogP contribution in [-0.2, 0) is 11.3 Å². The predicted octanol–water partition coefficient (Wildman–Crippen LogP) is 2.78. The van der Waals surface area contributed by atoms with E-state index < -0.39 is 6.04 Å². The van der Waals surface area contributed by atoms with Crippen LogP contribution in [0.1, 0.15) is 31.9 Å². The van der Waals surface area contributed by atoms with Crippen molar-refractivity contribution in [2.75, 3.05) is 18.4 Å². The molecule has 0 spiro atoms. The highest BCUT2D eigenvalue weighted by Crippen LogP contribution is 2.34. The average molecular weight is 426 g/mol. The Labute approximate surface area is 180 Å². The summed E-state index contributed by atoms with van der Waals surface area (Å²) in [5.74, 6) is -0.538. The van der Waals surface area contributed by atoms with Gasteiger partial charge in [0.2, 0.25) is 5.91 Å². The van der Waals surface area contributed by atoms with Gasteiger partial charge in [0, 0.05) is 43.0 Å². The molecule has 3 heterocycles. The molecule has 0 radical (unpaired) electrons. The average Bonchev–Trinajstić information content (AvgIpc) is 2.74. The fraction of sp³-hybridized carbons (Fsp3) is 0.435. The van der Waals surface area contributed by atoms with E-state index in [-0.39, 0.29) is 41.1 Å². The molecule has 3 amide bonds. The number of pyridine rings is 1. The summed E-state index contributed by atoms with van der Waals surface area (Å²) in [4.78, 5) is 39.7. The highest BCUT2D eigenvalue weighted by molar-refractivity contribution is 5.97. The molecule has 7 nitrogen and oxygen atoms in total. The van der Waals surface area contributed by atoms with Gasteiger partial charge < -0.3 is 20.1 Å². The number of benzene rings is 1. The summed E-state index contributed by atoms with van der Waals surface area (Å²) in [6.45, 7) is 5.39. The number of piperidine rings is 1. The Bertz CT molecular complexity index is 1030. The minimum absolute atomic E-state index is 0.00226. The lowest BCUT2D eigenvalue weighted by Gasteiger charge is -2.43. The maximum absolute atomic E-state index is 13.1. The van der Waals surface area contributed by atoms with Crippen LogP contribution >= 0.6 is 0 Å². The van der Waals surface area contributed by atoms with Gasteiger partial charge in [-0.1, -0.05) is 19.9 Å². The van der Waals surface area contributed by atoms with Crippen molar-refractivity contribution in [2.24, 2.45) is 11.8 Å². The van der Waals surface area contributed by atoms with E-state index in [1.165, 1.54) is 24.3 Å². The Morgan fingerprint density at radius 3 is 2.52 bits per heavy atom. The van der Waals surface area contributed by atoms with Crippen LogP contribution in [0.15, 0.2) is 47.3 Å². The molecule has 4 rings (SSSR count). The lowest BCUT2D eigenvalue weighted by Crippen LogP contribution is -2.56. The van der Waals surface area contributed by atoms with E-state index in [4.69, 9.17) is 0 Å². The second kappa shape index (κ2) is 8.53. The second-order valence-corrected chi connectivity index (χ2v) is 8.77. The van der Waals surface area contributed by atoms with Crippen LogP contribution in [0.4, 0.5) is 14.9 Å². The molecule has 2 bridgehead atoms. The minimum atomic E-state index is -0.728. The molecule has 0 aliphatic carbocycles. The number of hydrogen-bond donors (Lipinski definition) is 2. The van der Waals surface area contributed by atoms with Gasteiger partial charge in [-0.05, 0) is 48.6 Å². The summed E-state index contributed by atoms with van der Waals surface area (Å²) < 4.78 is 14.9. The number of likely N-dealkylation sites (tertiary alicyclic amines) is 1. The van der Waals surface area contributed by atoms with Gasteiger partial charge in [0.25, 0.3) is 5.56 Å². The molecule has 1 saturated heterocycles. The number of fused-ring (bicyclic) bond motifs is 4. The number of carbonyl (C=O) groups is 2. The Hall–Kier alpha value is -3.16. The largest absolute Gasteiger partial charge is 0.326 e. The van der Waals surface area contributed by atoms with Crippen molar-refractivity contribution in [1.29, 1.82) is 0 Å².